The maximum atomic E-state index is 10.9. The zero-order valence-electron chi connectivity index (χ0n) is 11.9. The first kappa shape index (κ1) is 20.2. The van der Waals surface area contributed by atoms with Crippen LogP contribution in [0.3, 0.4) is 0 Å². The second-order valence-electron chi connectivity index (χ2n) is 4.88. The number of benzene rings is 2. The maximum absolute atomic E-state index is 10.9. The molecule has 0 amide bonds. The molecule has 9 heteroatoms. The molecule has 0 aliphatic rings. The Labute approximate surface area is 182 Å². The Balaban J connectivity index is 2.30. The molecule has 0 aliphatic carbocycles. The molecule has 0 spiro atoms. The number of ether oxygens (including phenoxy) is 1. The quantitative estimate of drug-likeness (QED) is 0.392. The van der Waals surface area contributed by atoms with Crippen LogP contribution in [-0.2, 0) is 11.2 Å². The number of rotatable bonds is 5. The minimum atomic E-state index is -1.03. The van der Waals surface area contributed by atoms with Crippen LogP contribution >= 0.6 is 77.0 Å². The molecule has 128 valence electrons. The molecule has 0 unspecified atom stereocenters. The van der Waals surface area contributed by atoms with Crippen LogP contribution in [0, 0.1) is 7.14 Å². The standard InChI is InChI=1S/C15H11Br2I2NO4/c16-8-4-7(5-9(17)13(8)21)24-14-10(18)1-6(2-11(14)19)3-12(20)15(22)23/h1-2,4-5,12,21H,3,20H2,(H,22,23)/t12-/m0/s1. The summed E-state index contributed by atoms with van der Waals surface area (Å²) in [6, 6.07) is 6.10. The lowest BCUT2D eigenvalue weighted by atomic mass is 10.1. The van der Waals surface area contributed by atoms with E-state index in [9.17, 15) is 9.90 Å². The summed E-state index contributed by atoms with van der Waals surface area (Å²) in [7, 11) is 0. The Morgan fingerprint density at radius 2 is 1.67 bits per heavy atom. The highest BCUT2D eigenvalue weighted by Gasteiger charge is 2.16. The SMILES string of the molecule is N[C@@H](Cc1cc(I)c(Oc2cc(Br)c(O)c(Br)c2)c(I)c1)C(=O)O. The van der Waals surface area contributed by atoms with E-state index in [-0.39, 0.29) is 12.2 Å². The van der Waals surface area contributed by atoms with E-state index in [1.165, 1.54) is 0 Å². The van der Waals surface area contributed by atoms with E-state index in [2.05, 4.69) is 77.0 Å². The lowest BCUT2D eigenvalue weighted by Crippen LogP contribution is -2.32. The number of nitrogens with two attached hydrogens (primary N) is 1. The highest BCUT2D eigenvalue weighted by Crippen LogP contribution is 2.39. The number of phenols is 1. The summed E-state index contributed by atoms with van der Waals surface area (Å²) in [4.78, 5) is 10.9. The monoisotopic (exact) mass is 681 g/mol. The fourth-order valence-corrected chi connectivity index (χ4v) is 5.15. The Morgan fingerprint density at radius 1 is 1.17 bits per heavy atom. The van der Waals surface area contributed by atoms with Crippen LogP contribution in [0.5, 0.6) is 17.2 Å². The highest BCUT2D eigenvalue weighted by molar-refractivity contribution is 14.1. The first-order valence-electron chi connectivity index (χ1n) is 6.51. The zero-order valence-corrected chi connectivity index (χ0v) is 19.4. The molecule has 2 aromatic carbocycles. The molecule has 0 aromatic heterocycles. The van der Waals surface area contributed by atoms with Gasteiger partial charge in [0.25, 0.3) is 0 Å². The van der Waals surface area contributed by atoms with E-state index in [1.54, 1.807) is 12.1 Å². The van der Waals surface area contributed by atoms with Crippen LogP contribution in [-0.4, -0.2) is 22.2 Å². The lowest BCUT2D eigenvalue weighted by Gasteiger charge is -2.14. The Kier molecular flexibility index (Phi) is 7.17. The van der Waals surface area contributed by atoms with Gasteiger partial charge in [-0.2, -0.15) is 0 Å². The van der Waals surface area contributed by atoms with Gasteiger partial charge in [-0.3, -0.25) is 4.79 Å². The van der Waals surface area contributed by atoms with Crippen molar-refractivity contribution in [2.24, 2.45) is 5.73 Å². The van der Waals surface area contributed by atoms with Crippen LogP contribution in [0.15, 0.2) is 33.2 Å². The van der Waals surface area contributed by atoms with Gasteiger partial charge in [0.2, 0.25) is 0 Å². The lowest BCUT2D eigenvalue weighted by molar-refractivity contribution is -0.138. The minimum Gasteiger partial charge on any atom is -0.506 e. The largest absolute Gasteiger partial charge is 0.506 e. The third-order valence-corrected chi connectivity index (χ3v) is 5.85. The Hall–Kier alpha value is -0.110. The van der Waals surface area contributed by atoms with Crippen LogP contribution < -0.4 is 10.5 Å². The van der Waals surface area contributed by atoms with Crippen molar-refractivity contribution in [3.63, 3.8) is 0 Å². The van der Waals surface area contributed by atoms with Gasteiger partial charge in [-0.25, -0.2) is 0 Å². The average Bonchev–Trinajstić information content (AvgIpc) is 2.48. The third kappa shape index (κ3) is 4.96. The number of aliphatic carboxylic acids is 1. The number of carbonyl (C=O) groups is 1. The molecule has 0 aliphatic heterocycles. The van der Waals surface area contributed by atoms with E-state index in [0.29, 0.717) is 20.4 Å². The summed E-state index contributed by atoms with van der Waals surface area (Å²) >= 11 is 10.8. The first-order valence-corrected chi connectivity index (χ1v) is 10.3. The topological polar surface area (TPSA) is 92.8 Å². The van der Waals surface area contributed by atoms with Gasteiger partial charge in [-0.15, -0.1) is 0 Å². The minimum absolute atomic E-state index is 0.102. The van der Waals surface area contributed by atoms with Crippen molar-refractivity contribution in [3.8, 4) is 17.2 Å². The first-order chi connectivity index (χ1) is 11.2. The summed E-state index contributed by atoms with van der Waals surface area (Å²) in [5.41, 5.74) is 6.42. The van der Waals surface area contributed by atoms with E-state index in [4.69, 9.17) is 15.6 Å². The van der Waals surface area contributed by atoms with Gasteiger partial charge < -0.3 is 20.7 Å². The molecule has 2 rings (SSSR count). The smallest absolute Gasteiger partial charge is 0.320 e. The van der Waals surface area contributed by atoms with Crippen molar-refractivity contribution >= 4 is 83.0 Å². The van der Waals surface area contributed by atoms with Crippen molar-refractivity contribution in [1.29, 1.82) is 0 Å². The number of hydrogen-bond acceptors (Lipinski definition) is 4. The average molecular weight is 683 g/mol. The number of aromatic hydroxyl groups is 1. The molecule has 5 nitrogen and oxygen atoms in total. The molecule has 0 bridgehead atoms. The van der Waals surface area contributed by atoms with Crippen molar-refractivity contribution in [1.82, 2.24) is 0 Å². The molecule has 4 N–H and O–H groups in total. The highest BCUT2D eigenvalue weighted by atomic mass is 127. The normalized spacial score (nSPS) is 12.0. The molecule has 0 heterocycles. The summed E-state index contributed by atoms with van der Waals surface area (Å²) in [6.45, 7) is 0. The van der Waals surface area contributed by atoms with Crippen LogP contribution in [0.4, 0.5) is 0 Å². The molecule has 24 heavy (non-hydrogen) atoms. The van der Waals surface area contributed by atoms with Crippen LogP contribution in [0.25, 0.3) is 0 Å². The van der Waals surface area contributed by atoms with Crippen molar-refractivity contribution in [2.45, 2.75) is 12.5 Å². The van der Waals surface area contributed by atoms with Gasteiger partial charge in [0, 0.05) is 0 Å². The second-order valence-corrected chi connectivity index (χ2v) is 8.91. The number of phenolic OH excluding ortho intramolecular Hbond substituents is 1. The fourth-order valence-electron chi connectivity index (χ4n) is 1.89. The molecular formula is C15H11Br2I2NO4. The molecule has 0 fully saturated rings. The van der Waals surface area contributed by atoms with Crippen LogP contribution in [0.1, 0.15) is 5.56 Å². The van der Waals surface area contributed by atoms with Gasteiger partial charge in [0.1, 0.15) is 17.5 Å². The Bertz CT molecular complexity index is 755. The number of hydrogen-bond donors (Lipinski definition) is 3. The van der Waals surface area contributed by atoms with Gasteiger partial charge in [-0.05, 0) is 113 Å². The summed E-state index contributed by atoms with van der Waals surface area (Å²) in [5.74, 6) is 0.287. The molecule has 0 saturated carbocycles. The van der Waals surface area contributed by atoms with Gasteiger partial charge in [0.05, 0.1) is 16.1 Å². The van der Waals surface area contributed by atoms with Gasteiger partial charge >= 0.3 is 5.97 Å². The van der Waals surface area contributed by atoms with Gasteiger partial charge in [-0.1, -0.05) is 0 Å². The maximum Gasteiger partial charge on any atom is 0.320 e. The van der Waals surface area contributed by atoms with Crippen molar-refractivity contribution < 1.29 is 19.7 Å². The fraction of sp³-hybridized carbons (Fsp3) is 0.133. The molecular weight excluding hydrogens is 672 g/mol. The zero-order chi connectivity index (χ0) is 18.0. The summed E-state index contributed by atoms with van der Waals surface area (Å²) in [6.07, 6.45) is 0.248. The van der Waals surface area contributed by atoms with Gasteiger partial charge in [0.15, 0.2) is 5.75 Å². The van der Waals surface area contributed by atoms with Crippen LogP contribution in [0.2, 0.25) is 0 Å². The number of halogens is 4. The number of carboxylic acid groups (broad SMARTS) is 1. The molecule has 2 aromatic rings. The number of carboxylic acids is 1. The molecule has 0 saturated heterocycles. The predicted octanol–water partition coefficient (Wildman–Crippen LogP) is 4.87. The van der Waals surface area contributed by atoms with E-state index < -0.39 is 12.0 Å². The Morgan fingerprint density at radius 3 is 2.12 bits per heavy atom. The summed E-state index contributed by atoms with van der Waals surface area (Å²) < 4.78 is 8.64. The van der Waals surface area contributed by atoms with E-state index >= 15 is 0 Å². The molecule has 0 radical (unpaired) electrons. The predicted molar refractivity (Wildman–Crippen MR) is 115 cm³/mol. The van der Waals surface area contributed by atoms with E-state index in [0.717, 1.165) is 12.7 Å². The second kappa shape index (κ2) is 8.52. The van der Waals surface area contributed by atoms with Crippen molar-refractivity contribution in [2.75, 3.05) is 0 Å². The summed E-state index contributed by atoms with van der Waals surface area (Å²) in [5, 5.41) is 18.7. The third-order valence-electron chi connectivity index (χ3n) is 3.04. The van der Waals surface area contributed by atoms with E-state index in [1.807, 2.05) is 12.1 Å². The van der Waals surface area contributed by atoms with Crippen molar-refractivity contribution in [3.05, 3.63) is 45.9 Å². The molecule has 1 atom stereocenters.